The van der Waals surface area contributed by atoms with Crippen LogP contribution in [-0.4, -0.2) is 23.0 Å². The molecule has 0 saturated heterocycles. The molecule has 0 aliphatic carbocycles. The number of carboxylic acids is 1. The lowest BCUT2D eigenvalue weighted by atomic mass is 9.99. The maximum absolute atomic E-state index is 12.2. The molecule has 1 aromatic carbocycles. The molecule has 3 atom stereocenters. The maximum atomic E-state index is 12.2. The van der Waals surface area contributed by atoms with Crippen LogP contribution in [0.5, 0.6) is 0 Å². The lowest BCUT2D eigenvalue weighted by molar-refractivity contribution is -0.141. The largest absolute Gasteiger partial charge is 0.481 e. The number of carbonyl (C=O) groups excluding carboxylic acids is 1. The monoisotopic (exact) mass is 291 g/mol. The molecule has 116 valence electrons. The molecule has 3 unspecified atom stereocenters. The Balaban J connectivity index is 2.35. The number of nitrogens with one attached hydrogen (secondary N) is 1. The van der Waals surface area contributed by atoms with E-state index in [9.17, 15) is 9.59 Å². The van der Waals surface area contributed by atoms with Crippen molar-refractivity contribution in [3.63, 3.8) is 0 Å². The van der Waals surface area contributed by atoms with Crippen molar-refractivity contribution in [1.82, 2.24) is 5.32 Å². The molecule has 0 heterocycles. The summed E-state index contributed by atoms with van der Waals surface area (Å²) in [6.45, 7) is 5.56. The molecule has 2 N–H and O–H groups in total. The summed E-state index contributed by atoms with van der Waals surface area (Å²) in [7, 11) is 0. The van der Waals surface area contributed by atoms with Crippen LogP contribution >= 0.6 is 0 Å². The first-order valence-corrected chi connectivity index (χ1v) is 7.50. The van der Waals surface area contributed by atoms with Crippen LogP contribution in [0.4, 0.5) is 0 Å². The van der Waals surface area contributed by atoms with Gasteiger partial charge in [0.05, 0.1) is 11.8 Å². The molecule has 0 radical (unpaired) electrons. The van der Waals surface area contributed by atoms with Crippen LogP contribution in [0.25, 0.3) is 0 Å². The highest BCUT2D eigenvalue weighted by Gasteiger charge is 2.17. The van der Waals surface area contributed by atoms with E-state index in [1.165, 1.54) is 0 Å². The fraction of sp³-hybridized carbons (Fsp3) is 0.529. The first-order valence-electron chi connectivity index (χ1n) is 7.50. The molecular formula is C17H25NO3. The standard InChI is InChI=1S/C17H25NO3/c1-12(17(20)21)8-7-9-13(2)18-16(19)14(3)15-10-5-4-6-11-15/h4-6,10-14H,7-9H2,1-3H3,(H,18,19)(H,20,21). The van der Waals surface area contributed by atoms with E-state index in [2.05, 4.69) is 5.32 Å². The highest BCUT2D eigenvalue weighted by Crippen LogP contribution is 2.15. The second kappa shape index (κ2) is 8.45. The highest BCUT2D eigenvalue weighted by molar-refractivity contribution is 5.83. The van der Waals surface area contributed by atoms with Crippen LogP contribution in [0.1, 0.15) is 51.5 Å². The lowest BCUT2D eigenvalue weighted by Crippen LogP contribution is -2.35. The molecule has 0 spiro atoms. The van der Waals surface area contributed by atoms with E-state index in [0.29, 0.717) is 6.42 Å². The summed E-state index contributed by atoms with van der Waals surface area (Å²) < 4.78 is 0. The van der Waals surface area contributed by atoms with Crippen molar-refractivity contribution in [3.8, 4) is 0 Å². The molecule has 1 amide bonds. The van der Waals surface area contributed by atoms with E-state index in [1.807, 2.05) is 44.2 Å². The van der Waals surface area contributed by atoms with Crippen molar-refractivity contribution in [2.24, 2.45) is 5.92 Å². The molecule has 4 nitrogen and oxygen atoms in total. The van der Waals surface area contributed by atoms with Crippen molar-refractivity contribution in [2.45, 2.75) is 52.0 Å². The number of benzene rings is 1. The Morgan fingerprint density at radius 3 is 2.29 bits per heavy atom. The van der Waals surface area contributed by atoms with Crippen molar-refractivity contribution in [2.75, 3.05) is 0 Å². The summed E-state index contributed by atoms with van der Waals surface area (Å²) in [6.07, 6.45) is 2.24. The maximum Gasteiger partial charge on any atom is 0.306 e. The number of hydrogen-bond donors (Lipinski definition) is 2. The van der Waals surface area contributed by atoms with Crippen LogP contribution in [0, 0.1) is 5.92 Å². The van der Waals surface area contributed by atoms with Crippen LogP contribution in [0.2, 0.25) is 0 Å². The van der Waals surface area contributed by atoms with Crippen molar-refractivity contribution < 1.29 is 14.7 Å². The Hall–Kier alpha value is -1.84. The van der Waals surface area contributed by atoms with E-state index < -0.39 is 5.97 Å². The summed E-state index contributed by atoms with van der Waals surface area (Å²) in [5.41, 5.74) is 1.00. The van der Waals surface area contributed by atoms with Gasteiger partial charge in [0.15, 0.2) is 0 Å². The minimum absolute atomic E-state index is 0.0139. The zero-order valence-corrected chi connectivity index (χ0v) is 13.0. The second-order valence-electron chi connectivity index (χ2n) is 5.71. The van der Waals surface area contributed by atoms with Crippen LogP contribution < -0.4 is 5.32 Å². The fourth-order valence-corrected chi connectivity index (χ4v) is 2.19. The fourth-order valence-electron chi connectivity index (χ4n) is 2.19. The normalized spacial score (nSPS) is 15.0. The number of amides is 1. The minimum atomic E-state index is -0.760. The van der Waals surface area contributed by atoms with Gasteiger partial charge in [-0.3, -0.25) is 9.59 Å². The van der Waals surface area contributed by atoms with E-state index in [4.69, 9.17) is 5.11 Å². The average Bonchev–Trinajstić information content (AvgIpc) is 2.46. The number of carbonyl (C=O) groups is 2. The molecule has 1 rings (SSSR count). The molecule has 0 saturated carbocycles. The van der Waals surface area contributed by atoms with Gasteiger partial charge in [-0.15, -0.1) is 0 Å². The predicted octanol–water partition coefficient (Wildman–Crippen LogP) is 3.19. The van der Waals surface area contributed by atoms with Gasteiger partial charge in [0.1, 0.15) is 0 Å². The number of rotatable bonds is 8. The molecule has 0 aromatic heterocycles. The van der Waals surface area contributed by atoms with Gasteiger partial charge in [-0.05, 0) is 32.3 Å². The molecule has 0 aliphatic heterocycles. The summed E-state index contributed by atoms with van der Waals surface area (Å²) in [6, 6.07) is 9.74. The van der Waals surface area contributed by atoms with Gasteiger partial charge in [0, 0.05) is 6.04 Å². The number of carboxylic acid groups (broad SMARTS) is 1. The summed E-state index contributed by atoms with van der Waals surface area (Å²) in [4.78, 5) is 22.9. The molecule has 0 aliphatic rings. The van der Waals surface area contributed by atoms with Gasteiger partial charge in [-0.2, -0.15) is 0 Å². The molecule has 4 heteroatoms. The Morgan fingerprint density at radius 2 is 1.71 bits per heavy atom. The smallest absolute Gasteiger partial charge is 0.306 e. The summed E-state index contributed by atoms with van der Waals surface area (Å²) in [5.74, 6) is -1.24. The Morgan fingerprint density at radius 1 is 1.10 bits per heavy atom. The first-order chi connectivity index (χ1) is 9.91. The molecule has 0 bridgehead atoms. The first kappa shape index (κ1) is 17.2. The molecular weight excluding hydrogens is 266 g/mol. The van der Waals surface area contributed by atoms with E-state index in [1.54, 1.807) is 6.92 Å². The zero-order chi connectivity index (χ0) is 15.8. The van der Waals surface area contributed by atoms with Crippen molar-refractivity contribution >= 4 is 11.9 Å². The third-order valence-corrected chi connectivity index (χ3v) is 3.78. The Labute approximate surface area is 126 Å². The van der Waals surface area contributed by atoms with E-state index in [0.717, 1.165) is 18.4 Å². The second-order valence-corrected chi connectivity index (χ2v) is 5.71. The SMILES string of the molecule is CC(CCCC(C)C(=O)O)NC(=O)C(C)c1ccccc1. The highest BCUT2D eigenvalue weighted by atomic mass is 16.4. The van der Waals surface area contributed by atoms with Gasteiger partial charge in [0.2, 0.25) is 5.91 Å². The minimum Gasteiger partial charge on any atom is -0.481 e. The lowest BCUT2D eigenvalue weighted by Gasteiger charge is -2.18. The number of aliphatic carboxylic acids is 1. The number of hydrogen-bond acceptors (Lipinski definition) is 2. The van der Waals surface area contributed by atoms with Crippen molar-refractivity contribution in [3.05, 3.63) is 35.9 Å². The Kier molecular flexibility index (Phi) is 6.92. The van der Waals surface area contributed by atoms with E-state index >= 15 is 0 Å². The van der Waals surface area contributed by atoms with Gasteiger partial charge >= 0.3 is 5.97 Å². The van der Waals surface area contributed by atoms with Gasteiger partial charge in [-0.1, -0.05) is 43.7 Å². The third-order valence-electron chi connectivity index (χ3n) is 3.78. The van der Waals surface area contributed by atoms with Gasteiger partial charge < -0.3 is 10.4 Å². The predicted molar refractivity (Wildman–Crippen MR) is 83.1 cm³/mol. The Bertz CT molecular complexity index is 458. The zero-order valence-electron chi connectivity index (χ0n) is 13.0. The molecule has 1 aromatic rings. The van der Waals surface area contributed by atoms with Gasteiger partial charge in [0.25, 0.3) is 0 Å². The van der Waals surface area contributed by atoms with Crippen LogP contribution in [0.15, 0.2) is 30.3 Å². The van der Waals surface area contributed by atoms with Crippen molar-refractivity contribution in [1.29, 1.82) is 0 Å². The third kappa shape index (κ3) is 5.98. The topological polar surface area (TPSA) is 66.4 Å². The summed E-state index contributed by atoms with van der Waals surface area (Å²) in [5, 5.41) is 11.8. The van der Waals surface area contributed by atoms with Crippen LogP contribution in [0.3, 0.4) is 0 Å². The molecule has 21 heavy (non-hydrogen) atoms. The quantitative estimate of drug-likeness (QED) is 0.773. The van der Waals surface area contributed by atoms with E-state index in [-0.39, 0.29) is 23.8 Å². The van der Waals surface area contributed by atoms with Crippen LogP contribution in [-0.2, 0) is 9.59 Å². The average molecular weight is 291 g/mol. The molecule has 0 fully saturated rings. The van der Waals surface area contributed by atoms with Gasteiger partial charge in [-0.25, -0.2) is 0 Å². The summed E-state index contributed by atoms with van der Waals surface area (Å²) >= 11 is 0.